The molecule has 170 valence electrons. The number of fused-ring (bicyclic) bond motifs is 1. The van der Waals surface area contributed by atoms with Gasteiger partial charge in [-0.25, -0.2) is 22.3 Å². The minimum Gasteiger partial charge on any atom is -0.475 e. The Bertz CT molecular complexity index is 817. The molecule has 0 saturated carbocycles. The first-order chi connectivity index (χ1) is 13.8. The molecule has 2 fully saturated rings. The van der Waals surface area contributed by atoms with Gasteiger partial charge < -0.3 is 9.84 Å². The van der Waals surface area contributed by atoms with Gasteiger partial charge in [0.15, 0.2) is 0 Å². The predicted molar refractivity (Wildman–Crippen MR) is 99.6 cm³/mol. The molecule has 1 aromatic rings. The monoisotopic (exact) mass is 456 g/mol. The molecule has 12 heteroatoms. The van der Waals surface area contributed by atoms with Crippen LogP contribution in [0.4, 0.5) is 17.6 Å². The quantitative estimate of drug-likeness (QED) is 0.657. The Labute approximate surface area is 172 Å². The molecule has 7 nitrogen and oxygen atoms in total. The number of piperidine rings is 1. The Kier molecular flexibility index (Phi) is 8.20. The first kappa shape index (κ1) is 24.5. The number of nitrogens with one attached hydrogen (secondary N) is 1. The number of alkyl halides is 3. The lowest BCUT2D eigenvalue weighted by Crippen LogP contribution is -2.44. The number of carboxylic acid groups (broad SMARTS) is 1. The van der Waals surface area contributed by atoms with Crippen LogP contribution in [-0.4, -0.2) is 69.2 Å². The zero-order valence-electron chi connectivity index (χ0n) is 16.2. The molecule has 0 radical (unpaired) electrons. The summed E-state index contributed by atoms with van der Waals surface area (Å²) in [7, 11) is -3.19. The van der Waals surface area contributed by atoms with E-state index in [2.05, 4.69) is 9.62 Å². The van der Waals surface area contributed by atoms with E-state index in [1.807, 2.05) is 12.1 Å². The van der Waals surface area contributed by atoms with Gasteiger partial charge >= 0.3 is 12.1 Å². The van der Waals surface area contributed by atoms with Crippen LogP contribution in [0.25, 0.3) is 0 Å². The third-order valence-corrected chi connectivity index (χ3v) is 5.69. The number of likely N-dealkylation sites (tertiary alicyclic amines) is 1. The molecule has 0 amide bonds. The number of benzene rings is 1. The second-order valence-electron chi connectivity index (χ2n) is 7.37. The molecule has 2 heterocycles. The maximum absolute atomic E-state index is 13.0. The minimum atomic E-state index is -5.08. The molecule has 3 atom stereocenters. The van der Waals surface area contributed by atoms with Crippen molar-refractivity contribution in [2.24, 2.45) is 11.8 Å². The standard InChI is InChI=1S/C16H23FN2O3S.C2HF3O2/c1-23(20,21)18-8-16-15-10-19(7-6-13(15)11-22-16)9-12-2-4-14(17)5-3-12;3-2(4,5)1(6)7/h2-5,13,15-16,18H,6-11H2,1H3;(H,6,7)/t13-,15-,16+;/m0./s1. The molecule has 2 aliphatic heterocycles. The zero-order chi connectivity index (χ0) is 22.5. The van der Waals surface area contributed by atoms with Gasteiger partial charge in [-0.1, -0.05) is 12.1 Å². The number of halogens is 4. The Balaban J connectivity index is 0.000000396. The fourth-order valence-electron chi connectivity index (χ4n) is 3.54. The molecule has 2 saturated heterocycles. The largest absolute Gasteiger partial charge is 0.490 e. The topological polar surface area (TPSA) is 95.9 Å². The minimum absolute atomic E-state index is 0.0641. The highest BCUT2D eigenvalue weighted by molar-refractivity contribution is 7.88. The lowest BCUT2D eigenvalue weighted by atomic mass is 9.84. The van der Waals surface area contributed by atoms with E-state index in [1.54, 1.807) is 0 Å². The van der Waals surface area contributed by atoms with Gasteiger partial charge in [-0.05, 0) is 36.6 Å². The highest BCUT2D eigenvalue weighted by Gasteiger charge is 2.41. The summed E-state index contributed by atoms with van der Waals surface area (Å²) in [5.41, 5.74) is 1.09. The first-order valence-electron chi connectivity index (χ1n) is 9.18. The fourth-order valence-corrected chi connectivity index (χ4v) is 4.00. The van der Waals surface area contributed by atoms with E-state index in [-0.39, 0.29) is 11.9 Å². The van der Waals surface area contributed by atoms with Crippen LogP contribution in [0.15, 0.2) is 24.3 Å². The highest BCUT2D eigenvalue weighted by Crippen LogP contribution is 2.34. The van der Waals surface area contributed by atoms with Crippen molar-refractivity contribution in [1.29, 1.82) is 0 Å². The molecular formula is C18H24F4N2O5S. The second kappa shape index (κ2) is 10.0. The molecule has 30 heavy (non-hydrogen) atoms. The second-order valence-corrected chi connectivity index (χ2v) is 9.20. The Morgan fingerprint density at radius 2 is 1.90 bits per heavy atom. The number of rotatable bonds is 5. The summed E-state index contributed by atoms with van der Waals surface area (Å²) in [6.07, 6.45) is -2.92. The van der Waals surface area contributed by atoms with Crippen molar-refractivity contribution < 1.29 is 40.6 Å². The zero-order valence-corrected chi connectivity index (χ0v) is 17.0. The van der Waals surface area contributed by atoms with Crippen molar-refractivity contribution in [3.8, 4) is 0 Å². The van der Waals surface area contributed by atoms with Crippen LogP contribution in [-0.2, 0) is 26.1 Å². The molecule has 0 aliphatic carbocycles. The average molecular weight is 456 g/mol. The van der Waals surface area contributed by atoms with Gasteiger partial charge in [0.1, 0.15) is 5.82 Å². The summed E-state index contributed by atoms with van der Waals surface area (Å²) in [5, 5.41) is 7.12. The molecule has 0 unspecified atom stereocenters. The molecule has 1 aromatic carbocycles. The Morgan fingerprint density at radius 1 is 1.30 bits per heavy atom. The van der Waals surface area contributed by atoms with Crippen LogP contribution >= 0.6 is 0 Å². The summed E-state index contributed by atoms with van der Waals surface area (Å²) in [4.78, 5) is 11.2. The number of nitrogens with zero attached hydrogens (tertiary/aromatic N) is 1. The third kappa shape index (κ3) is 7.82. The van der Waals surface area contributed by atoms with Crippen LogP contribution in [0.2, 0.25) is 0 Å². The van der Waals surface area contributed by atoms with E-state index in [1.165, 1.54) is 18.4 Å². The smallest absolute Gasteiger partial charge is 0.475 e. The molecule has 0 spiro atoms. The number of aliphatic carboxylic acids is 1. The van der Waals surface area contributed by atoms with Gasteiger partial charge in [0, 0.05) is 25.6 Å². The van der Waals surface area contributed by atoms with Crippen molar-refractivity contribution in [3.05, 3.63) is 35.6 Å². The maximum Gasteiger partial charge on any atom is 0.490 e. The lowest BCUT2D eigenvalue weighted by Gasteiger charge is -2.36. The van der Waals surface area contributed by atoms with Crippen LogP contribution < -0.4 is 4.72 Å². The Morgan fingerprint density at radius 3 is 2.43 bits per heavy atom. The SMILES string of the molecule is CS(=O)(=O)NC[C@H]1OC[C@@H]2CCN(Cc3ccc(F)cc3)C[C@@H]21.O=C(O)C(F)(F)F. The van der Waals surface area contributed by atoms with E-state index in [9.17, 15) is 26.0 Å². The van der Waals surface area contributed by atoms with Crippen molar-refractivity contribution in [3.63, 3.8) is 0 Å². The number of ether oxygens (including phenoxy) is 1. The van der Waals surface area contributed by atoms with Crippen LogP contribution in [0.5, 0.6) is 0 Å². The summed E-state index contributed by atoms with van der Waals surface area (Å²) >= 11 is 0. The van der Waals surface area contributed by atoms with E-state index in [4.69, 9.17) is 14.6 Å². The van der Waals surface area contributed by atoms with Gasteiger partial charge in [0.05, 0.1) is 19.0 Å². The molecular weight excluding hydrogens is 432 g/mol. The number of carboxylic acids is 1. The van der Waals surface area contributed by atoms with Gasteiger partial charge in [-0.2, -0.15) is 13.2 Å². The Hall–Kier alpha value is -1.76. The number of carbonyl (C=O) groups is 1. The molecule has 2 aliphatic rings. The summed E-state index contributed by atoms with van der Waals surface area (Å²) in [5.74, 6) is -2.12. The highest BCUT2D eigenvalue weighted by atomic mass is 32.2. The van der Waals surface area contributed by atoms with Gasteiger partial charge in [-0.3, -0.25) is 4.90 Å². The van der Waals surface area contributed by atoms with Gasteiger partial charge in [0.25, 0.3) is 0 Å². The summed E-state index contributed by atoms with van der Waals surface area (Å²) in [6.45, 7) is 3.72. The van der Waals surface area contributed by atoms with Crippen LogP contribution in [0.1, 0.15) is 12.0 Å². The van der Waals surface area contributed by atoms with E-state index < -0.39 is 22.2 Å². The summed E-state index contributed by atoms with van der Waals surface area (Å²) < 4.78 is 75.6. The fraction of sp³-hybridized carbons (Fsp3) is 0.611. The first-order valence-corrected chi connectivity index (χ1v) is 11.1. The summed E-state index contributed by atoms with van der Waals surface area (Å²) in [6, 6.07) is 6.60. The van der Waals surface area contributed by atoms with Gasteiger partial charge in [-0.15, -0.1) is 0 Å². The van der Waals surface area contributed by atoms with E-state index in [0.29, 0.717) is 25.0 Å². The number of hydrogen-bond acceptors (Lipinski definition) is 5. The lowest BCUT2D eigenvalue weighted by molar-refractivity contribution is -0.192. The van der Waals surface area contributed by atoms with E-state index >= 15 is 0 Å². The third-order valence-electron chi connectivity index (χ3n) is 5.00. The van der Waals surface area contributed by atoms with E-state index in [0.717, 1.165) is 31.6 Å². The molecule has 0 bridgehead atoms. The average Bonchev–Trinajstić information content (AvgIpc) is 3.03. The van der Waals surface area contributed by atoms with Crippen molar-refractivity contribution >= 4 is 16.0 Å². The van der Waals surface area contributed by atoms with Crippen molar-refractivity contribution in [2.75, 3.05) is 32.5 Å². The maximum atomic E-state index is 13.0. The molecule has 2 N–H and O–H groups in total. The van der Waals surface area contributed by atoms with Gasteiger partial charge in [0.2, 0.25) is 10.0 Å². The van der Waals surface area contributed by atoms with Crippen LogP contribution in [0, 0.1) is 17.7 Å². The van der Waals surface area contributed by atoms with Crippen molar-refractivity contribution in [2.45, 2.75) is 25.2 Å². The van der Waals surface area contributed by atoms with Crippen molar-refractivity contribution in [1.82, 2.24) is 9.62 Å². The predicted octanol–water partition coefficient (Wildman–Crippen LogP) is 1.85. The number of sulfonamides is 1. The molecule has 0 aromatic heterocycles. The van der Waals surface area contributed by atoms with Crippen LogP contribution in [0.3, 0.4) is 0 Å². The normalized spacial score (nSPS) is 24.6. The number of hydrogen-bond donors (Lipinski definition) is 2. The molecule has 3 rings (SSSR count).